The molecule has 286 valence electrons. The number of piperazine rings is 1. The van der Waals surface area contributed by atoms with E-state index in [1.165, 1.54) is 4.90 Å². The van der Waals surface area contributed by atoms with Gasteiger partial charge in [0.1, 0.15) is 0 Å². The summed E-state index contributed by atoms with van der Waals surface area (Å²) in [4.78, 5) is 35.3. The van der Waals surface area contributed by atoms with Crippen molar-refractivity contribution in [3.05, 3.63) is 100 Å². The maximum Gasteiger partial charge on any atom is 0.416 e. The fourth-order valence-corrected chi connectivity index (χ4v) is 8.26. The van der Waals surface area contributed by atoms with Gasteiger partial charge in [-0.1, -0.05) is 48.5 Å². The summed E-state index contributed by atoms with van der Waals surface area (Å²) in [6.45, 7) is 9.67. The minimum atomic E-state index is -5.04. The first-order valence-corrected chi connectivity index (χ1v) is 18.4. The van der Waals surface area contributed by atoms with Gasteiger partial charge in [0.2, 0.25) is 5.91 Å². The van der Waals surface area contributed by atoms with Gasteiger partial charge >= 0.3 is 12.4 Å². The topological polar surface area (TPSA) is 59.1 Å². The van der Waals surface area contributed by atoms with Crippen molar-refractivity contribution >= 4 is 17.5 Å². The van der Waals surface area contributed by atoms with Crippen LogP contribution < -0.4 is 5.32 Å². The van der Waals surface area contributed by atoms with Gasteiger partial charge in [-0.05, 0) is 80.8 Å². The van der Waals surface area contributed by atoms with Gasteiger partial charge in [-0.15, -0.1) is 0 Å². The summed E-state index contributed by atoms with van der Waals surface area (Å²) >= 11 is 0. The van der Waals surface area contributed by atoms with Crippen LogP contribution in [0.4, 0.5) is 32.0 Å². The molecule has 3 heterocycles. The van der Waals surface area contributed by atoms with Crippen molar-refractivity contribution in [2.45, 2.75) is 76.4 Å². The lowest BCUT2D eigenvalue weighted by Gasteiger charge is -2.48. The van der Waals surface area contributed by atoms with Gasteiger partial charge in [-0.25, -0.2) is 0 Å². The SMILES string of the molecule is Cc1cccc(C)c1NC(=O)CN1CCC(N2CCN(C3CCN(C(=O)c4cc(C(F)(F)F)cc(C(F)(F)F)c4)C(Cc4ccccc4)C3)CC2)CC1. The van der Waals surface area contributed by atoms with E-state index in [2.05, 4.69) is 20.0 Å². The van der Waals surface area contributed by atoms with Crippen LogP contribution in [-0.4, -0.2) is 102 Å². The van der Waals surface area contributed by atoms with E-state index in [0.29, 0.717) is 44.0 Å². The molecule has 0 aliphatic carbocycles. The van der Waals surface area contributed by atoms with Crippen LogP contribution in [0.5, 0.6) is 0 Å². The van der Waals surface area contributed by atoms with Gasteiger partial charge < -0.3 is 10.2 Å². The van der Waals surface area contributed by atoms with E-state index in [9.17, 15) is 35.9 Å². The van der Waals surface area contributed by atoms with E-state index < -0.39 is 41.0 Å². The van der Waals surface area contributed by atoms with Crippen molar-refractivity contribution in [3.8, 4) is 0 Å². The van der Waals surface area contributed by atoms with Crippen molar-refractivity contribution in [1.29, 1.82) is 0 Å². The largest absolute Gasteiger partial charge is 0.416 e. The number of halogens is 6. The van der Waals surface area contributed by atoms with Crippen LogP contribution in [0.25, 0.3) is 0 Å². The van der Waals surface area contributed by atoms with E-state index in [4.69, 9.17) is 0 Å². The molecule has 3 aliphatic heterocycles. The smallest absolute Gasteiger partial charge is 0.335 e. The summed E-state index contributed by atoms with van der Waals surface area (Å²) in [6.07, 6.45) is -6.55. The van der Waals surface area contributed by atoms with Crippen LogP contribution in [0, 0.1) is 13.8 Å². The lowest BCUT2D eigenvalue weighted by Crippen LogP contribution is -2.58. The number of hydrogen-bond donors (Lipinski definition) is 1. The summed E-state index contributed by atoms with van der Waals surface area (Å²) in [7, 11) is 0. The zero-order valence-electron chi connectivity index (χ0n) is 30.1. The molecule has 2 amide bonds. The maximum atomic E-state index is 13.8. The molecule has 0 spiro atoms. The van der Waals surface area contributed by atoms with E-state index in [0.717, 1.165) is 74.5 Å². The number of carbonyl (C=O) groups is 2. The molecule has 3 saturated heterocycles. The molecule has 53 heavy (non-hydrogen) atoms. The molecule has 3 fully saturated rings. The molecule has 0 radical (unpaired) electrons. The number of benzene rings is 3. The fraction of sp³-hybridized carbons (Fsp3) is 0.500. The molecule has 0 bridgehead atoms. The van der Waals surface area contributed by atoms with Crippen LogP contribution in [0.3, 0.4) is 0 Å². The number of piperidine rings is 2. The Morgan fingerprint density at radius 1 is 0.698 bits per heavy atom. The number of hydrogen-bond acceptors (Lipinski definition) is 5. The highest BCUT2D eigenvalue weighted by atomic mass is 19.4. The van der Waals surface area contributed by atoms with Crippen LogP contribution in [-0.2, 0) is 23.6 Å². The molecule has 2 atom stereocenters. The number of anilines is 1. The Morgan fingerprint density at radius 2 is 1.25 bits per heavy atom. The zero-order chi connectivity index (χ0) is 37.9. The van der Waals surface area contributed by atoms with Crippen LogP contribution >= 0.6 is 0 Å². The Morgan fingerprint density at radius 3 is 1.81 bits per heavy atom. The molecule has 1 N–H and O–H groups in total. The van der Waals surface area contributed by atoms with E-state index in [1.807, 2.05) is 62.4 Å². The summed E-state index contributed by atoms with van der Waals surface area (Å²) in [5.41, 5.74) is 0.310. The van der Waals surface area contributed by atoms with Gasteiger partial charge in [0.15, 0.2) is 0 Å². The molecule has 2 unspecified atom stereocenters. The number of aryl methyl sites for hydroxylation is 2. The normalized spacial score (nSPS) is 21.5. The summed E-state index contributed by atoms with van der Waals surface area (Å²) < 4.78 is 81.9. The lowest BCUT2D eigenvalue weighted by atomic mass is 9.90. The molecular formula is C40H47F6N5O2. The Labute approximate surface area is 306 Å². The highest BCUT2D eigenvalue weighted by Gasteiger charge is 2.40. The fourth-order valence-electron chi connectivity index (χ4n) is 8.26. The molecule has 7 nitrogen and oxygen atoms in total. The van der Waals surface area contributed by atoms with Gasteiger partial charge in [0, 0.05) is 75.2 Å². The first-order valence-electron chi connectivity index (χ1n) is 18.4. The molecule has 0 aromatic heterocycles. The average molecular weight is 744 g/mol. The van der Waals surface area contributed by atoms with Gasteiger partial charge in [0.25, 0.3) is 5.91 Å². The number of nitrogens with one attached hydrogen (secondary N) is 1. The Balaban J connectivity index is 1.06. The van der Waals surface area contributed by atoms with Crippen molar-refractivity contribution in [1.82, 2.24) is 19.6 Å². The summed E-state index contributed by atoms with van der Waals surface area (Å²) in [5, 5.41) is 3.08. The number of rotatable bonds is 8. The molecule has 0 saturated carbocycles. The van der Waals surface area contributed by atoms with Gasteiger partial charge in [0.05, 0.1) is 17.7 Å². The Hall–Kier alpha value is -3.94. The Kier molecular flexibility index (Phi) is 11.9. The molecule has 13 heteroatoms. The summed E-state index contributed by atoms with van der Waals surface area (Å²) in [5.74, 6) is -0.825. The summed E-state index contributed by atoms with van der Waals surface area (Å²) in [6, 6.07) is 16.7. The first-order chi connectivity index (χ1) is 25.2. The predicted molar refractivity (Wildman–Crippen MR) is 192 cm³/mol. The van der Waals surface area contributed by atoms with E-state index >= 15 is 0 Å². The Bertz CT molecular complexity index is 1680. The maximum absolute atomic E-state index is 13.8. The number of likely N-dealkylation sites (tertiary alicyclic amines) is 2. The number of carbonyl (C=O) groups excluding carboxylic acids is 2. The zero-order valence-corrected chi connectivity index (χ0v) is 30.1. The van der Waals surface area contributed by atoms with Crippen molar-refractivity contribution < 1.29 is 35.9 Å². The third kappa shape index (κ3) is 9.60. The first kappa shape index (κ1) is 38.8. The van der Waals surface area contributed by atoms with Crippen molar-refractivity contribution in [3.63, 3.8) is 0 Å². The molecule has 3 aliphatic rings. The van der Waals surface area contributed by atoms with Gasteiger partial charge in [-0.2, -0.15) is 26.3 Å². The highest BCUT2D eigenvalue weighted by Crippen LogP contribution is 2.37. The monoisotopic (exact) mass is 743 g/mol. The third-order valence-electron chi connectivity index (χ3n) is 11.1. The van der Waals surface area contributed by atoms with E-state index in [-0.39, 0.29) is 24.6 Å². The van der Waals surface area contributed by atoms with Crippen LogP contribution in [0.2, 0.25) is 0 Å². The second-order valence-electron chi connectivity index (χ2n) is 14.7. The number of para-hydroxylation sites is 1. The number of alkyl halides is 6. The van der Waals surface area contributed by atoms with Crippen LogP contribution in [0.15, 0.2) is 66.7 Å². The molecule has 3 aromatic rings. The van der Waals surface area contributed by atoms with Crippen LogP contribution in [0.1, 0.15) is 63.9 Å². The molecular weight excluding hydrogens is 696 g/mol. The average Bonchev–Trinajstić information content (AvgIpc) is 3.13. The molecule has 6 rings (SSSR count). The van der Waals surface area contributed by atoms with Crippen molar-refractivity contribution in [2.75, 3.05) is 57.7 Å². The van der Waals surface area contributed by atoms with E-state index in [1.54, 1.807) is 0 Å². The standard InChI is InChI=1S/C40H47F6N5O2/c1-27-7-6-8-28(2)37(27)47-36(52)26-48-14-11-33(12-15-48)49-17-19-50(20-18-49)34-13-16-51(35(25-34)21-29-9-4-3-5-10-29)38(53)30-22-31(39(41,42)43)24-32(23-30)40(44,45)46/h3-10,22-24,33-35H,11-21,25-26H2,1-2H3,(H,47,52). The lowest BCUT2D eigenvalue weighted by molar-refractivity contribution is -0.143. The minimum Gasteiger partial charge on any atom is -0.335 e. The predicted octanol–water partition coefficient (Wildman–Crippen LogP) is 7.28. The highest BCUT2D eigenvalue weighted by molar-refractivity contribution is 5.95. The second-order valence-corrected chi connectivity index (χ2v) is 14.7. The molecule has 3 aromatic carbocycles. The second kappa shape index (κ2) is 16.2. The third-order valence-corrected chi connectivity index (χ3v) is 11.1. The number of amides is 2. The van der Waals surface area contributed by atoms with Gasteiger partial charge in [-0.3, -0.25) is 24.3 Å². The number of nitrogens with zero attached hydrogens (tertiary/aromatic N) is 4. The van der Waals surface area contributed by atoms with Crippen molar-refractivity contribution in [2.24, 2.45) is 0 Å². The minimum absolute atomic E-state index is 0.00587. The quantitative estimate of drug-likeness (QED) is 0.246.